The number of aromatic nitrogens is 1. The van der Waals surface area contributed by atoms with Crippen LogP contribution in [0.25, 0.3) is 22.2 Å². The van der Waals surface area contributed by atoms with E-state index in [-0.39, 0.29) is 0 Å². The third-order valence-corrected chi connectivity index (χ3v) is 3.17. The summed E-state index contributed by atoms with van der Waals surface area (Å²) in [6.07, 6.45) is 0. The van der Waals surface area contributed by atoms with E-state index in [1.165, 1.54) is 5.39 Å². The molecule has 0 aliphatic carbocycles. The molecule has 0 fully saturated rings. The van der Waals surface area contributed by atoms with Crippen LogP contribution in [-0.4, -0.2) is 4.98 Å². The number of nitrogens with one attached hydrogen (secondary N) is 1. The number of rotatable bonds is 1. The highest BCUT2D eigenvalue weighted by atomic mass is 35.5. The first kappa shape index (κ1) is 10.2. The Morgan fingerprint density at radius 3 is 2.59 bits per heavy atom. The summed E-state index contributed by atoms with van der Waals surface area (Å²) in [5.74, 6) is 0. The topological polar surface area (TPSA) is 41.8 Å². The van der Waals surface area contributed by atoms with Gasteiger partial charge in [0.05, 0.1) is 10.7 Å². The normalized spacial score (nSPS) is 10.9. The second-order valence-electron chi connectivity index (χ2n) is 4.01. The van der Waals surface area contributed by atoms with E-state index in [4.69, 9.17) is 17.3 Å². The van der Waals surface area contributed by atoms with Crippen LogP contribution in [0.4, 0.5) is 5.69 Å². The largest absolute Gasteiger partial charge is 0.398 e. The fourth-order valence-electron chi connectivity index (χ4n) is 1.92. The Kier molecular flexibility index (Phi) is 2.30. The zero-order valence-corrected chi connectivity index (χ0v) is 9.83. The van der Waals surface area contributed by atoms with Crippen molar-refractivity contribution >= 4 is 28.2 Å². The number of H-pyrrole nitrogens is 1. The predicted octanol–water partition coefficient (Wildman–Crippen LogP) is 4.07. The summed E-state index contributed by atoms with van der Waals surface area (Å²) in [6, 6.07) is 15.9. The number of nitrogen functional groups attached to an aromatic ring is 1. The van der Waals surface area contributed by atoms with Crippen LogP contribution in [0.5, 0.6) is 0 Å². The first-order chi connectivity index (χ1) is 8.24. The Morgan fingerprint density at radius 1 is 1.00 bits per heavy atom. The van der Waals surface area contributed by atoms with E-state index in [9.17, 15) is 0 Å². The fourth-order valence-corrected chi connectivity index (χ4v) is 2.10. The minimum atomic E-state index is 0.584. The first-order valence-electron chi connectivity index (χ1n) is 5.37. The van der Waals surface area contributed by atoms with Gasteiger partial charge >= 0.3 is 0 Å². The molecule has 0 saturated carbocycles. The van der Waals surface area contributed by atoms with Gasteiger partial charge in [-0.3, -0.25) is 0 Å². The van der Waals surface area contributed by atoms with Crippen molar-refractivity contribution in [1.82, 2.24) is 4.98 Å². The van der Waals surface area contributed by atoms with Crippen LogP contribution in [0.15, 0.2) is 48.5 Å². The van der Waals surface area contributed by atoms with Crippen molar-refractivity contribution in [3.63, 3.8) is 0 Å². The number of anilines is 1. The standard InChI is InChI=1S/C14H11ClN2/c15-11-7-10(5-6-12(11)16)14-8-9-3-1-2-4-13(9)17-14/h1-8,17H,16H2. The molecule has 0 saturated heterocycles. The van der Waals surface area contributed by atoms with Crippen LogP contribution in [-0.2, 0) is 0 Å². The van der Waals surface area contributed by atoms with Crippen LogP contribution >= 0.6 is 11.6 Å². The van der Waals surface area contributed by atoms with E-state index in [0.717, 1.165) is 16.8 Å². The van der Waals surface area contributed by atoms with E-state index < -0.39 is 0 Å². The smallest absolute Gasteiger partial charge is 0.0642 e. The SMILES string of the molecule is Nc1ccc(-c2cc3ccccc3[nH]2)cc1Cl. The molecule has 2 nitrogen and oxygen atoms in total. The number of para-hydroxylation sites is 1. The van der Waals surface area contributed by atoms with Crippen molar-refractivity contribution in [3.05, 3.63) is 53.6 Å². The maximum absolute atomic E-state index is 6.02. The monoisotopic (exact) mass is 242 g/mol. The van der Waals surface area contributed by atoms with Crippen LogP contribution in [0.2, 0.25) is 5.02 Å². The molecule has 3 aromatic rings. The third-order valence-electron chi connectivity index (χ3n) is 2.84. The van der Waals surface area contributed by atoms with Gasteiger partial charge in [-0.25, -0.2) is 0 Å². The number of hydrogen-bond acceptors (Lipinski definition) is 1. The number of nitrogens with two attached hydrogens (primary N) is 1. The molecule has 84 valence electrons. The Hall–Kier alpha value is -1.93. The number of hydrogen-bond donors (Lipinski definition) is 2. The molecule has 0 aliphatic heterocycles. The van der Waals surface area contributed by atoms with Gasteiger partial charge in [-0.1, -0.05) is 35.9 Å². The average molecular weight is 243 g/mol. The highest BCUT2D eigenvalue weighted by Crippen LogP contribution is 2.28. The van der Waals surface area contributed by atoms with Crippen LogP contribution in [0.1, 0.15) is 0 Å². The molecule has 0 amide bonds. The molecule has 0 atom stereocenters. The number of fused-ring (bicyclic) bond motifs is 1. The summed E-state index contributed by atoms with van der Waals surface area (Å²) >= 11 is 6.02. The molecule has 1 aromatic heterocycles. The maximum atomic E-state index is 6.02. The average Bonchev–Trinajstić information content (AvgIpc) is 2.76. The van der Waals surface area contributed by atoms with Gasteiger partial charge in [-0.05, 0) is 29.8 Å². The molecule has 3 heteroatoms. The minimum absolute atomic E-state index is 0.584. The van der Waals surface area contributed by atoms with Gasteiger partial charge in [-0.15, -0.1) is 0 Å². The lowest BCUT2D eigenvalue weighted by molar-refractivity contribution is 1.45. The first-order valence-corrected chi connectivity index (χ1v) is 5.75. The zero-order chi connectivity index (χ0) is 11.8. The lowest BCUT2D eigenvalue weighted by atomic mass is 10.1. The molecule has 2 aromatic carbocycles. The molecular formula is C14H11ClN2. The Labute approximate surface area is 104 Å². The van der Waals surface area contributed by atoms with E-state index >= 15 is 0 Å². The molecule has 0 unspecified atom stereocenters. The third kappa shape index (κ3) is 1.77. The summed E-state index contributed by atoms with van der Waals surface area (Å²) < 4.78 is 0. The maximum Gasteiger partial charge on any atom is 0.0642 e. The van der Waals surface area contributed by atoms with Crippen LogP contribution in [0.3, 0.4) is 0 Å². The van der Waals surface area contributed by atoms with Gasteiger partial charge in [0.15, 0.2) is 0 Å². The summed E-state index contributed by atoms with van der Waals surface area (Å²) in [5.41, 5.74) is 9.52. The summed E-state index contributed by atoms with van der Waals surface area (Å²) in [7, 11) is 0. The molecule has 0 aliphatic rings. The molecular weight excluding hydrogens is 232 g/mol. The van der Waals surface area contributed by atoms with Gasteiger partial charge in [0.25, 0.3) is 0 Å². The van der Waals surface area contributed by atoms with Crippen molar-refractivity contribution < 1.29 is 0 Å². The van der Waals surface area contributed by atoms with Crippen LogP contribution < -0.4 is 5.73 Å². The number of aromatic amines is 1. The Bertz CT molecular complexity index is 653. The van der Waals surface area contributed by atoms with Gasteiger partial charge < -0.3 is 10.7 Å². The second-order valence-corrected chi connectivity index (χ2v) is 4.41. The highest BCUT2D eigenvalue weighted by Gasteiger charge is 2.04. The summed E-state index contributed by atoms with van der Waals surface area (Å²) in [6.45, 7) is 0. The van der Waals surface area contributed by atoms with Crippen molar-refractivity contribution in [2.24, 2.45) is 0 Å². The molecule has 0 spiro atoms. The predicted molar refractivity (Wildman–Crippen MR) is 73.2 cm³/mol. The Balaban J connectivity index is 2.17. The second kappa shape index (κ2) is 3.82. The van der Waals surface area contributed by atoms with Crippen molar-refractivity contribution in [1.29, 1.82) is 0 Å². The number of halogens is 1. The van der Waals surface area contributed by atoms with Gasteiger partial charge in [0.1, 0.15) is 0 Å². The molecule has 0 bridgehead atoms. The van der Waals surface area contributed by atoms with E-state index in [1.807, 2.05) is 30.3 Å². The molecule has 17 heavy (non-hydrogen) atoms. The van der Waals surface area contributed by atoms with Gasteiger partial charge in [0.2, 0.25) is 0 Å². The molecule has 3 rings (SSSR count). The zero-order valence-electron chi connectivity index (χ0n) is 9.07. The molecule has 0 radical (unpaired) electrons. The summed E-state index contributed by atoms with van der Waals surface area (Å²) in [5, 5.41) is 1.77. The lowest BCUT2D eigenvalue weighted by Gasteiger charge is -2.01. The minimum Gasteiger partial charge on any atom is -0.398 e. The highest BCUT2D eigenvalue weighted by molar-refractivity contribution is 6.33. The van der Waals surface area contributed by atoms with Gasteiger partial charge in [-0.2, -0.15) is 0 Å². The van der Waals surface area contributed by atoms with E-state index in [2.05, 4.69) is 23.2 Å². The van der Waals surface area contributed by atoms with Crippen LogP contribution in [0, 0.1) is 0 Å². The van der Waals surface area contributed by atoms with E-state index in [1.54, 1.807) is 0 Å². The van der Waals surface area contributed by atoms with Crippen molar-refractivity contribution in [2.45, 2.75) is 0 Å². The summed E-state index contributed by atoms with van der Waals surface area (Å²) in [4.78, 5) is 3.36. The number of benzene rings is 2. The van der Waals surface area contributed by atoms with Gasteiger partial charge in [0, 0.05) is 16.6 Å². The molecule has 1 heterocycles. The fraction of sp³-hybridized carbons (Fsp3) is 0. The van der Waals surface area contributed by atoms with E-state index in [0.29, 0.717) is 10.7 Å². The quantitative estimate of drug-likeness (QED) is 0.621. The van der Waals surface area contributed by atoms with Crippen molar-refractivity contribution in [2.75, 3.05) is 5.73 Å². The van der Waals surface area contributed by atoms with Crippen molar-refractivity contribution in [3.8, 4) is 11.3 Å². The Morgan fingerprint density at radius 2 is 1.82 bits per heavy atom. The lowest BCUT2D eigenvalue weighted by Crippen LogP contribution is -1.86. The molecule has 3 N–H and O–H groups in total.